The molecule has 0 aliphatic carbocycles. The summed E-state index contributed by atoms with van der Waals surface area (Å²) in [4.78, 5) is 48.0. The fourth-order valence-electron chi connectivity index (χ4n) is 6.66. The molecule has 0 radical (unpaired) electrons. The maximum absolute atomic E-state index is 13.9. The third-order valence-electron chi connectivity index (χ3n) is 10.0. The first kappa shape index (κ1) is 43.8. The monoisotopic (exact) mass is 828 g/mol. The third kappa shape index (κ3) is 12.3. The number of hydrogen-bond donors (Lipinski definition) is 3. The van der Waals surface area contributed by atoms with Crippen LogP contribution in [0.15, 0.2) is 59.5 Å². The predicted octanol–water partition coefficient (Wildman–Crippen LogP) is 3.59. The Morgan fingerprint density at radius 1 is 0.914 bits per heavy atom. The van der Waals surface area contributed by atoms with Crippen LogP contribution in [0.1, 0.15) is 65.8 Å². The number of benzene rings is 2. The van der Waals surface area contributed by atoms with Gasteiger partial charge in [-0.3, -0.25) is 9.59 Å². The van der Waals surface area contributed by atoms with Gasteiger partial charge in [-0.1, -0.05) is 12.1 Å². The normalized spacial score (nSPS) is 15.9. The number of nitrogens with one attached hydrogen (secondary N) is 3. The molecule has 58 heavy (non-hydrogen) atoms. The van der Waals surface area contributed by atoms with Gasteiger partial charge < -0.3 is 29.9 Å². The molecule has 15 nitrogen and oxygen atoms in total. The highest BCUT2D eigenvalue weighted by Crippen LogP contribution is 2.34. The van der Waals surface area contributed by atoms with Crippen LogP contribution in [0.25, 0.3) is 0 Å². The maximum atomic E-state index is 13.9. The quantitative estimate of drug-likeness (QED) is 0.118. The number of amides is 2. The number of carbonyl (C=O) groups is 3. The molecule has 0 spiro atoms. The second kappa shape index (κ2) is 20.4. The standard InChI is InChI=1S/C39H47F3N8O7S/c1-56-37(53)30-9-11-31(12-10-30)58(54,55)46-19-24-57-23-18-44-35(51)4-2-3-27-14-20-49(21-15-27)33-25-34(48-38(47-33)39(40,41)42)50-22-16-32(50)36(52)45-17-13-28-5-7-29(26-43)8-6-28/h5-12,25,27,32,46H,2-4,13-24H2,1H3,(H,44,51)(H,45,52)/t32-/m0/s1. The van der Waals surface area contributed by atoms with Gasteiger partial charge in [-0.15, -0.1) is 0 Å². The molecule has 2 aliphatic rings. The molecule has 0 saturated carbocycles. The van der Waals surface area contributed by atoms with Crippen LogP contribution in [0.2, 0.25) is 0 Å². The van der Waals surface area contributed by atoms with Gasteiger partial charge >= 0.3 is 12.1 Å². The first-order chi connectivity index (χ1) is 27.8. The van der Waals surface area contributed by atoms with Gasteiger partial charge in [0.1, 0.15) is 17.7 Å². The van der Waals surface area contributed by atoms with Crippen LogP contribution in [0.3, 0.4) is 0 Å². The van der Waals surface area contributed by atoms with E-state index in [1.165, 1.54) is 37.4 Å². The Kier molecular flexibility index (Phi) is 15.4. The number of rotatable bonds is 19. The van der Waals surface area contributed by atoms with Crippen LogP contribution < -0.4 is 25.2 Å². The van der Waals surface area contributed by atoms with Crippen LogP contribution in [-0.4, -0.2) is 102 Å². The van der Waals surface area contributed by atoms with Gasteiger partial charge in [-0.2, -0.15) is 18.4 Å². The molecule has 3 aromatic rings. The highest BCUT2D eigenvalue weighted by Gasteiger charge is 2.40. The highest BCUT2D eigenvalue weighted by atomic mass is 32.2. The summed E-state index contributed by atoms with van der Waals surface area (Å²) in [5.41, 5.74) is 1.71. The predicted molar refractivity (Wildman–Crippen MR) is 206 cm³/mol. The number of nitriles is 1. The van der Waals surface area contributed by atoms with E-state index < -0.39 is 34.0 Å². The number of alkyl halides is 3. The number of sulfonamides is 1. The van der Waals surface area contributed by atoms with Crippen molar-refractivity contribution in [3.05, 3.63) is 77.1 Å². The minimum absolute atomic E-state index is 0.00787. The molecule has 3 N–H and O–H groups in total. The van der Waals surface area contributed by atoms with Crippen molar-refractivity contribution in [2.75, 3.05) is 69.4 Å². The summed E-state index contributed by atoms with van der Waals surface area (Å²) < 4.78 is 79.2. The maximum Gasteiger partial charge on any atom is 0.451 e. The van der Waals surface area contributed by atoms with Gasteiger partial charge in [0.2, 0.25) is 27.7 Å². The summed E-state index contributed by atoms with van der Waals surface area (Å²) in [5, 5.41) is 14.6. The number of ether oxygens (including phenoxy) is 2. The number of hydrogen-bond acceptors (Lipinski definition) is 12. The summed E-state index contributed by atoms with van der Waals surface area (Å²) in [6.07, 6.45) is -0.602. The Hall–Kier alpha value is -5.32. The second-order valence-corrected chi connectivity index (χ2v) is 15.7. The lowest BCUT2D eigenvalue weighted by molar-refractivity contribution is -0.144. The van der Waals surface area contributed by atoms with E-state index in [1.54, 1.807) is 17.0 Å². The van der Waals surface area contributed by atoms with Crippen LogP contribution in [-0.2, 0) is 41.7 Å². The van der Waals surface area contributed by atoms with Gasteiger partial charge in [0.05, 0.1) is 42.4 Å². The number of esters is 1. The minimum Gasteiger partial charge on any atom is -0.465 e. The molecule has 2 aromatic carbocycles. The third-order valence-corrected chi connectivity index (χ3v) is 11.5. The van der Waals surface area contributed by atoms with Crippen molar-refractivity contribution in [3.63, 3.8) is 0 Å². The smallest absolute Gasteiger partial charge is 0.451 e. The van der Waals surface area contributed by atoms with E-state index in [9.17, 15) is 36.0 Å². The Balaban J connectivity index is 0.986. The zero-order valence-electron chi connectivity index (χ0n) is 32.1. The molecule has 0 unspecified atom stereocenters. The number of nitrogens with zero attached hydrogens (tertiary/aromatic N) is 5. The molecule has 19 heteroatoms. The zero-order chi connectivity index (χ0) is 41.7. The molecule has 5 rings (SSSR count). The Bertz CT molecular complexity index is 2020. The number of piperidine rings is 1. The van der Waals surface area contributed by atoms with Crippen LogP contribution in [0.5, 0.6) is 0 Å². The lowest BCUT2D eigenvalue weighted by atomic mass is 9.91. The average molecular weight is 829 g/mol. The first-order valence-electron chi connectivity index (χ1n) is 19.0. The van der Waals surface area contributed by atoms with Gasteiger partial charge in [-0.05, 0) is 86.4 Å². The van der Waals surface area contributed by atoms with Gasteiger partial charge in [0.25, 0.3) is 0 Å². The van der Waals surface area contributed by atoms with E-state index in [0.717, 1.165) is 12.0 Å². The first-order valence-corrected chi connectivity index (χ1v) is 20.5. The van der Waals surface area contributed by atoms with E-state index in [0.29, 0.717) is 70.3 Å². The zero-order valence-corrected chi connectivity index (χ0v) is 32.9. The lowest BCUT2D eigenvalue weighted by Gasteiger charge is -2.41. The molecule has 3 heterocycles. The van der Waals surface area contributed by atoms with Crippen molar-refractivity contribution in [1.29, 1.82) is 5.26 Å². The van der Waals surface area contributed by atoms with Gasteiger partial charge in [0, 0.05) is 51.8 Å². The fourth-order valence-corrected chi connectivity index (χ4v) is 7.67. The molecule has 1 aromatic heterocycles. The van der Waals surface area contributed by atoms with E-state index in [4.69, 9.17) is 10.00 Å². The Morgan fingerprint density at radius 2 is 1.60 bits per heavy atom. The molecule has 0 bridgehead atoms. The van der Waals surface area contributed by atoms with Crippen molar-refractivity contribution >= 4 is 39.4 Å². The Morgan fingerprint density at radius 3 is 2.24 bits per heavy atom. The van der Waals surface area contributed by atoms with E-state index in [1.807, 2.05) is 17.0 Å². The van der Waals surface area contributed by atoms with Crippen molar-refractivity contribution in [2.24, 2.45) is 5.92 Å². The van der Waals surface area contributed by atoms with Gasteiger partial charge in [-0.25, -0.2) is 27.9 Å². The molecule has 1 atom stereocenters. The Labute approximate surface area is 335 Å². The van der Waals surface area contributed by atoms with Crippen LogP contribution in [0, 0.1) is 17.2 Å². The van der Waals surface area contributed by atoms with E-state index in [-0.39, 0.29) is 66.1 Å². The largest absolute Gasteiger partial charge is 0.465 e. The summed E-state index contributed by atoms with van der Waals surface area (Å²) in [5.74, 6) is -1.76. The summed E-state index contributed by atoms with van der Waals surface area (Å²) in [6.45, 7) is 2.22. The molecule has 2 aliphatic heterocycles. The molecule has 2 fully saturated rings. The van der Waals surface area contributed by atoms with Crippen LogP contribution in [0.4, 0.5) is 24.8 Å². The molecule has 312 valence electrons. The van der Waals surface area contributed by atoms with Crippen molar-refractivity contribution in [3.8, 4) is 6.07 Å². The number of carbonyl (C=O) groups excluding carboxylic acids is 3. The van der Waals surface area contributed by atoms with Crippen molar-refractivity contribution in [2.45, 2.75) is 62.1 Å². The highest BCUT2D eigenvalue weighted by molar-refractivity contribution is 7.89. The SMILES string of the molecule is COC(=O)c1ccc(S(=O)(=O)NCCOCCNC(=O)CCCC2CCN(c3cc(N4CC[C@H]4C(=O)NCCc4ccc(C#N)cc4)nc(C(F)(F)F)n3)CC2)cc1. The van der Waals surface area contributed by atoms with Gasteiger partial charge in [0.15, 0.2) is 0 Å². The summed E-state index contributed by atoms with van der Waals surface area (Å²) >= 11 is 0. The number of methoxy groups -OCH3 is 1. The van der Waals surface area contributed by atoms with Crippen molar-refractivity contribution in [1.82, 2.24) is 25.3 Å². The molecule has 2 saturated heterocycles. The fraction of sp³-hybridized carbons (Fsp3) is 0.487. The second-order valence-electron chi connectivity index (χ2n) is 14.0. The lowest BCUT2D eigenvalue weighted by Crippen LogP contribution is -2.57. The van der Waals surface area contributed by atoms with E-state index in [2.05, 4.69) is 36.1 Å². The summed E-state index contributed by atoms with van der Waals surface area (Å²) in [6, 6.07) is 15.3. The molecular weight excluding hydrogens is 782 g/mol. The summed E-state index contributed by atoms with van der Waals surface area (Å²) in [7, 11) is -2.57. The number of aromatic nitrogens is 2. The van der Waals surface area contributed by atoms with E-state index >= 15 is 0 Å². The average Bonchev–Trinajstić information content (AvgIpc) is 3.20. The molecular formula is C39H47F3N8O7S. The topological polar surface area (TPSA) is 196 Å². The number of halogens is 3. The molecule has 2 amide bonds. The number of anilines is 2. The van der Waals surface area contributed by atoms with Crippen LogP contribution >= 0.6 is 0 Å². The van der Waals surface area contributed by atoms with Crippen molar-refractivity contribution < 1.29 is 45.4 Å². The minimum atomic E-state index is -4.77.